The first-order chi connectivity index (χ1) is 9.60. The van der Waals surface area contributed by atoms with E-state index in [0.29, 0.717) is 34.4 Å². The van der Waals surface area contributed by atoms with Crippen molar-refractivity contribution in [2.24, 2.45) is 0 Å². The van der Waals surface area contributed by atoms with E-state index in [1.54, 1.807) is 49.4 Å². The topological polar surface area (TPSA) is 61.5 Å². The molecule has 0 saturated heterocycles. The fraction of sp³-hybridized carbons (Fsp3) is 0.133. The van der Waals surface area contributed by atoms with E-state index in [1.165, 1.54) is 0 Å². The van der Waals surface area contributed by atoms with Gasteiger partial charge in [0, 0.05) is 5.02 Å². The number of anilines is 1. The van der Waals surface area contributed by atoms with Crippen LogP contribution in [0.1, 0.15) is 17.3 Å². The van der Waals surface area contributed by atoms with Crippen molar-refractivity contribution in [2.75, 3.05) is 12.3 Å². The molecular formula is C15H14ClNO3. The van der Waals surface area contributed by atoms with Crippen molar-refractivity contribution >= 4 is 23.3 Å². The molecule has 0 aromatic heterocycles. The number of hydrogen-bond donors (Lipinski definition) is 1. The van der Waals surface area contributed by atoms with Crippen molar-refractivity contribution in [1.82, 2.24) is 0 Å². The molecule has 0 bridgehead atoms. The average Bonchev–Trinajstić information content (AvgIpc) is 2.41. The first-order valence-corrected chi connectivity index (χ1v) is 6.48. The van der Waals surface area contributed by atoms with Gasteiger partial charge in [-0.05, 0) is 43.3 Å². The van der Waals surface area contributed by atoms with E-state index >= 15 is 0 Å². The van der Waals surface area contributed by atoms with Gasteiger partial charge >= 0.3 is 5.97 Å². The average molecular weight is 292 g/mol. The summed E-state index contributed by atoms with van der Waals surface area (Å²) < 4.78 is 10.6. The molecule has 0 aliphatic carbocycles. The van der Waals surface area contributed by atoms with Crippen molar-refractivity contribution in [3.63, 3.8) is 0 Å². The highest BCUT2D eigenvalue weighted by atomic mass is 35.5. The maximum atomic E-state index is 11.7. The number of esters is 1. The number of carbonyl (C=O) groups excluding carboxylic acids is 1. The summed E-state index contributed by atoms with van der Waals surface area (Å²) in [5.74, 6) is 0.520. The van der Waals surface area contributed by atoms with E-state index in [0.717, 1.165) is 0 Å². The first-order valence-electron chi connectivity index (χ1n) is 6.10. The molecule has 0 atom stereocenters. The minimum absolute atomic E-state index is 0.313. The normalized spacial score (nSPS) is 10.1. The number of ether oxygens (including phenoxy) is 2. The minimum atomic E-state index is -0.413. The van der Waals surface area contributed by atoms with Crippen LogP contribution in [-0.2, 0) is 4.74 Å². The van der Waals surface area contributed by atoms with Crippen LogP contribution < -0.4 is 10.5 Å². The zero-order chi connectivity index (χ0) is 14.5. The van der Waals surface area contributed by atoms with Crippen molar-refractivity contribution in [1.29, 1.82) is 0 Å². The number of rotatable bonds is 4. The van der Waals surface area contributed by atoms with Crippen LogP contribution in [0.4, 0.5) is 5.69 Å². The van der Waals surface area contributed by atoms with Gasteiger partial charge in [-0.15, -0.1) is 0 Å². The lowest BCUT2D eigenvalue weighted by Crippen LogP contribution is -2.05. The van der Waals surface area contributed by atoms with Crippen LogP contribution >= 0.6 is 11.6 Å². The summed E-state index contributed by atoms with van der Waals surface area (Å²) in [4.78, 5) is 11.7. The number of hydrogen-bond acceptors (Lipinski definition) is 4. The molecule has 2 rings (SSSR count). The Labute approximate surface area is 122 Å². The second kappa shape index (κ2) is 6.30. The lowest BCUT2D eigenvalue weighted by atomic mass is 10.2. The summed E-state index contributed by atoms with van der Waals surface area (Å²) in [6.07, 6.45) is 0. The summed E-state index contributed by atoms with van der Waals surface area (Å²) in [6.45, 7) is 2.06. The first kappa shape index (κ1) is 14.2. The molecule has 0 aliphatic heterocycles. The molecule has 2 aromatic carbocycles. The molecule has 0 amide bonds. The Bertz CT molecular complexity index is 628. The van der Waals surface area contributed by atoms with Crippen LogP contribution in [0.5, 0.6) is 11.5 Å². The number of carbonyl (C=O) groups is 1. The lowest BCUT2D eigenvalue weighted by molar-refractivity contribution is 0.0526. The highest BCUT2D eigenvalue weighted by Crippen LogP contribution is 2.30. The van der Waals surface area contributed by atoms with E-state index in [9.17, 15) is 4.79 Å². The molecule has 2 N–H and O–H groups in total. The van der Waals surface area contributed by atoms with Crippen LogP contribution in [-0.4, -0.2) is 12.6 Å². The van der Waals surface area contributed by atoms with Gasteiger partial charge < -0.3 is 15.2 Å². The van der Waals surface area contributed by atoms with Gasteiger partial charge in [-0.1, -0.05) is 17.7 Å². The predicted octanol–water partition coefficient (Wildman–Crippen LogP) is 3.89. The van der Waals surface area contributed by atoms with Gasteiger partial charge in [-0.3, -0.25) is 0 Å². The Balaban J connectivity index is 2.27. The molecule has 0 fully saturated rings. The molecule has 4 nitrogen and oxygen atoms in total. The zero-order valence-corrected chi connectivity index (χ0v) is 11.7. The third-order valence-corrected chi connectivity index (χ3v) is 2.78. The van der Waals surface area contributed by atoms with Gasteiger partial charge in [-0.2, -0.15) is 0 Å². The summed E-state index contributed by atoms with van der Waals surface area (Å²) in [6, 6.07) is 11.7. The third-order valence-electron chi connectivity index (χ3n) is 2.55. The van der Waals surface area contributed by atoms with E-state index in [-0.39, 0.29) is 0 Å². The zero-order valence-electron chi connectivity index (χ0n) is 10.9. The Kier molecular flexibility index (Phi) is 4.48. The van der Waals surface area contributed by atoms with Crippen LogP contribution in [0.15, 0.2) is 42.5 Å². The smallest absolute Gasteiger partial charge is 0.338 e. The quantitative estimate of drug-likeness (QED) is 0.686. The molecule has 2 aromatic rings. The van der Waals surface area contributed by atoms with Crippen molar-refractivity contribution in [3.05, 3.63) is 53.1 Å². The molecule has 0 spiro atoms. The highest BCUT2D eigenvalue weighted by molar-refractivity contribution is 6.30. The molecule has 0 saturated carbocycles. The second-order valence-corrected chi connectivity index (χ2v) is 4.47. The van der Waals surface area contributed by atoms with Crippen LogP contribution in [0.3, 0.4) is 0 Å². The van der Waals surface area contributed by atoms with Crippen LogP contribution in [0, 0.1) is 0 Å². The monoisotopic (exact) mass is 291 g/mol. The van der Waals surface area contributed by atoms with Crippen molar-refractivity contribution < 1.29 is 14.3 Å². The van der Waals surface area contributed by atoms with Gasteiger partial charge in [0.25, 0.3) is 0 Å². The van der Waals surface area contributed by atoms with Crippen molar-refractivity contribution in [3.8, 4) is 11.5 Å². The maximum Gasteiger partial charge on any atom is 0.338 e. The Morgan fingerprint density at radius 1 is 1.25 bits per heavy atom. The molecule has 104 valence electrons. The molecule has 0 radical (unpaired) electrons. The SMILES string of the molecule is CCOC(=O)c1ccc(N)c(Oc2cccc(Cl)c2)c1. The Morgan fingerprint density at radius 2 is 2.05 bits per heavy atom. The van der Waals surface area contributed by atoms with Crippen LogP contribution in [0.25, 0.3) is 0 Å². The Hall–Kier alpha value is -2.20. The summed E-state index contributed by atoms with van der Waals surface area (Å²) >= 11 is 5.89. The summed E-state index contributed by atoms with van der Waals surface area (Å²) in [7, 11) is 0. The van der Waals surface area contributed by atoms with Gasteiger partial charge in [0.1, 0.15) is 5.75 Å². The van der Waals surface area contributed by atoms with Crippen molar-refractivity contribution in [2.45, 2.75) is 6.92 Å². The third kappa shape index (κ3) is 3.42. The standard InChI is InChI=1S/C15H14ClNO3/c1-2-19-15(18)10-6-7-13(17)14(8-10)20-12-5-3-4-11(16)9-12/h3-9H,2,17H2,1H3. The predicted molar refractivity (Wildman–Crippen MR) is 78.3 cm³/mol. The van der Waals surface area contributed by atoms with E-state index < -0.39 is 5.97 Å². The molecule has 20 heavy (non-hydrogen) atoms. The number of nitrogens with two attached hydrogens (primary N) is 1. The molecular weight excluding hydrogens is 278 g/mol. The second-order valence-electron chi connectivity index (χ2n) is 4.03. The van der Waals surface area contributed by atoms with Crippen LogP contribution in [0.2, 0.25) is 5.02 Å². The highest BCUT2D eigenvalue weighted by Gasteiger charge is 2.10. The largest absolute Gasteiger partial charge is 0.462 e. The van der Waals surface area contributed by atoms with E-state index in [2.05, 4.69) is 0 Å². The van der Waals surface area contributed by atoms with E-state index in [1.807, 2.05) is 0 Å². The molecule has 0 heterocycles. The Morgan fingerprint density at radius 3 is 2.75 bits per heavy atom. The number of nitrogen functional groups attached to an aromatic ring is 1. The van der Waals surface area contributed by atoms with Gasteiger partial charge in [0.15, 0.2) is 5.75 Å². The fourth-order valence-electron chi connectivity index (χ4n) is 1.62. The number of halogens is 1. The van der Waals surface area contributed by atoms with Gasteiger partial charge in [0.05, 0.1) is 17.9 Å². The fourth-order valence-corrected chi connectivity index (χ4v) is 1.80. The van der Waals surface area contributed by atoms with Gasteiger partial charge in [0.2, 0.25) is 0 Å². The van der Waals surface area contributed by atoms with Gasteiger partial charge in [-0.25, -0.2) is 4.79 Å². The molecule has 0 unspecified atom stereocenters. The molecule has 5 heteroatoms. The maximum absolute atomic E-state index is 11.7. The van der Waals surface area contributed by atoms with E-state index in [4.69, 9.17) is 26.8 Å². The summed E-state index contributed by atoms with van der Waals surface area (Å²) in [5, 5.41) is 0.558. The number of benzene rings is 2. The lowest BCUT2D eigenvalue weighted by Gasteiger charge is -2.10. The minimum Gasteiger partial charge on any atom is -0.462 e. The molecule has 0 aliphatic rings. The summed E-state index contributed by atoms with van der Waals surface area (Å²) in [5.41, 5.74) is 6.66.